The van der Waals surface area contributed by atoms with Crippen LogP contribution >= 0.6 is 0 Å². The van der Waals surface area contributed by atoms with Crippen LogP contribution in [0.4, 0.5) is 0 Å². The van der Waals surface area contributed by atoms with Crippen molar-refractivity contribution in [2.75, 3.05) is 6.61 Å². The number of nitrogens with one attached hydrogen (secondary N) is 1. The van der Waals surface area contributed by atoms with Crippen molar-refractivity contribution in [3.63, 3.8) is 0 Å². The molecular weight excluding hydrogens is 238 g/mol. The molecular formula is C16H25NO2. The van der Waals surface area contributed by atoms with Crippen LogP contribution in [0.5, 0.6) is 0 Å². The number of unbranched alkanes of at least 4 members (excludes halogenated alkanes) is 2. The van der Waals surface area contributed by atoms with Crippen molar-refractivity contribution in [1.82, 2.24) is 5.32 Å². The van der Waals surface area contributed by atoms with Gasteiger partial charge in [0.15, 0.2) is 0 Å². The Morgan fingerprint density at radius 2 is 1.89 bits per heavy atom. The molecule has 0 fully saturated rings. The Morgan fingerprint density at radius 1 is 1.21 bits per heavy atom. The van der Waals surface area contributed by atoms with E-state index in [0.717, 1.165) is 12.8 Å². The van der Waals surface area contributed by atoms with E-state index < -0.39 is 0 Å². The number of carbonyl (C=O) groups is 1. The van der Waals surface area contributed by atoms with Crippen LogP contribution in [0.15, 0.2) is 24.3 Å². The van der Waals surface area contributed by atoms with Gasteiger partial charge in [-0.1, -0.05) is 38.8 Å². The van der Waals surface area contributed by atoms with Crippen molar-refractivity contribution >= 4 is 5.91 Å². The summed E-state index contributed by atoms with van der Waals surface area (Å²) in [5.41, 5.74) is 1.94. The highest BCUT2D eigenvalue weighted by molar-refractivity contribution is 5.94. The fourth-order valence-electron chi connectivity index (χ4n) is 1.95. The Morgan fingerprint density at radius 3 is 2.42 bits per heavy atom. The van der Waals surface area contributed by atoms with E-state index in [1.165, 1.54) is 24.8 Å². The molecule has 0 aliphatic heterocycles. The van der Waals surface area contributed by atoms with Gasteiger partial charge in [-0.3, -0.25) is 4.79 Å². The van der Waals surface area contributed by atoms with E-state index in [1.807, 2.05) is 31.2 Å². The zero-order valence-electron chi connectivity index (χ0n) is 12.0. The lowest BCUT2D eigenvalue weighted by Gasteiger charge is -2.14. The van der Waals surface area contributed by atoms with Crippen LogP contribution in [-0.4, -0.2) is 23.7 Å². The maximum absolute atomic E-state index is 11.9. The molecule has 106 valence electrons. The van der Waals surface area contributed by atoms with Gasteiger partial charge in [-0.15, -0.1) is 0 Å². The largest absolute Gasteiger partial charge is 0.394 e. The van der Waals surface area contributed by atoms with E-state index in [2.05, 4.69) is 12.2 Å². The maximum Gasteiger partial charge on any atom is 0.251 e. The molecule has 1 aromatic carbocycles. The summed E-state index contributed by atoms with van der Waals surface area (Å²) in [6.07, 6.45) is 5.47. The first kappa shape index (κ1) is 15.7. The highest BCUT2D eigenvalue weighted by Gasteiger charge is 2.10. The van der Waals surface area contributed by atoms with Gasteiger partial charge in [0.25, 0.3) is 5.91 Å². The predicted octanol–water partition coefficient (Wildman–Crippen LogP) is 2.92. The Labute approximate surface area is 116 Å². The minimum atomic E-state index is -0.156. The molecule has 19 heavy (non-hydrogen) atoms. The Hall–Kier alpha value is -1.35. The highest BCUT2D eigenvalue weighted by Crippen LogP contribution is 2.09. The molecule has 2 N–H and O–H groups in total. The topological polar surface area (TPSA) is 49.3 Å². The van der Waals surface area contributed by atoms with Crippen LogP contribution < -0.4 is 5.32 Å². The Balaban J connectivity index is 2.52. The zero-order valence-corrected chi connectivity index (χ0v) is 12.0. The number of hydrogen-bond donors (Lipinski definition) is 2. The van der Waals surface area contributed by atoms with Gasteiger partial charge in [0, 0.05) is 5.56 Å². The SMILES string of the molecule is CCCCCc1ccc(C(=O)N[C@@H](CC)CO)cc1. The molecule has 1 amide bonds. The van der Waals surface area contributed by atoms with Gasteiger partial charge < -0.3 is 10.4 Å². The van der Waals surface area contributed by atoms with Crippen LogP contribution in [0.3, 0.4) is 0 Å². The average Bonchev–Trinajstić information content (AvgIpc) is 2.45. The van der Waals surface area contributed by atoms with E-state index in [0.29, 0.717) is 5.56 Å². The molecule has 0 spiro atoms. The number of rotatable bonds is 8. The molecule has 0 bridgehead atoms. The van der Waals surface area contributed by atoms with Gasteiger partial charge in [0.05, 0.1) is 12.6 Å². The van der Waals surface area contributed by atoms with Crippen LogP contribution in [0.25, 0.3) is 0 Å². The molecule has 0 aliphatic rings. The first-order chi connectivity index (χ1) is 9.21. The first-order valence-corrected chi connectivity index (χ1v) is 7.21. The van der Waals surface area contributed by atoms with Crippen LogP contribution in [0.1, 0.15) is 55.5 Å². The van der Waals surface area contributed by atoms with Crippen molar-refractivity contribution in [2.24, 2.45) is 0 Å². The summed E-state index contributed by atoms with van der Waals surface area (Å²) in [6.45, 7) is 4.12. The van der Waals surface area contributed by atoms with Crippen molar-refractivity contribution < 1.29 is 9.90 Å². The van der Waals surface area contributed by atoms with E-state index in [4.69, 9.17) is 5.11 Å². The fraction of sp³-hybridized carbons (Fsp3) is 0.562. The molecule has 1 rings (SSSR count). The molecule has 1 aromatic rings. The second kappa shape index (κ2) is 8.70. The number of benzene rings is 1. The predicted molar refractivity (Wildman–Crippen MR) is 78.3 cm³/mol. The molecule has 1 atom stereocenters. The monoisotopic (exact) mass is 263 g/mol. The Bertz CT molecular complexity index is 369. The van der Waals surface area contributed by atoms with Crippen LogP contribution in [-0.2, 0) is 6.42 Å². The molecule has 0 unspecified atom stereocenters. The van der Waals surface area contributed by atoms with E-state index >= 15 is 0 Å². The summed E-state index contributed by atoms with van der Waals surface area (Å²) in [5.74, 6) is -0.110. The molecule has 3 heteroatoms. The van der Waals surface area contributed by atoms with Gasteiger partial charge in [0.2, 0.25) is 0 Å². The van der Waals surface area contributed by atoms with Gasteiger partial charge >= 0.3 is 0 Å². The third kappa shape index (κ3) is 5.43. The summed E-state index contributed by atoms with van der Waals surface area (Å²) >= 11 is 0. The lowest BCUT2D eigenvalue weighted by molar-refractivity contribution is 0.0915. The maximum atomic E-state index is 11.9. The smallest absolute Gasteiger partial charge is 0.251 e. The lowest BCUT2D eigenvalue weighted by Crippen LogP contribution is -2.36. The van der Waals surface area contributed by atoms with Crippen LogP contribution in [0, 0.1) is 0 Å². The fourth-order valence-corrected chi connectivity index (χ4v) is 1.95. The van der Waals surface area contributed by atoms with Crippen molar-refractivity contribution in [3.8, 4) is 0 Å². The second-order valence-electron chi connectivity index (χ2n) is 4.92. The molecule has 0 radical (unpaired) electrons. The van der Waals surface area contributed by atoms with Crippen molar-refractivity contribution in [1.29, 1.82) is 0 Å². The number of aliphatic hydroxyl groups excluding tert-OH is 1. The van der Waals surface area contributed by atoms with Crippen molar-refractivity contribution in [2.45, 2.75) is 52.0 Å². The molecule has 3 nitrogen and oxygen atoms in total. The number of aryl methyl sites for hydroxylation is 1. The second-order valence-corrected chi connectivity index (χ2v) is 4.92. The van der Waals surface area contributed by atoms with E-state index in [1.54, 1.807) is 0 Å². The molecule has 0 aliphatic carbocycles. The number of hydrogen-bond acceptors (Lipinski definition) is 2. The van der Waals surface area contributed by atoms with Gasteiger partial charge in [-0.2, -0.15) is 0 Å². The third-order valence-corrected chi connectivity index (χ3v) is 3.33. The summed E-state index contributed by atoms with van der Waals surface area (Å²) in [6, 6.07) is 7.60. The van der Waals surface area contributed by atoms with E-state index in [9.17, 15) is 4.79 Å². The number of amides is 1. The quantitative estimate of drug-likeness (QED) is 0.708. The lowest BCUT2D eigenvalue weighted by atomic mass is 10.0. The number of carbonyl (C=O) groups excluding carboxylic acids is 1. The summed E-state index contributed by atoms with van der Waals surface area (Å²) < 4.78 is 0. The van der Waals surface area contributed by atoms with Crippen molar-refractivity contribution in [3.05, 3.63) is 35.4 Å². The van der Waals surface area contributed by atoms with E-state index in [-0.39, 0.29) is 18.6 Å². The zero-order chi connectivity index (χ0) is 14.1. The minimum Gasteiger partial charge on any atom is -0.394 e. The average molecular weight is 263 g/mol. The van der Waals surface area contributed by atoms with Crippen LogP contribution in [0.2, 0.25) is 0 Å². The van der Waals surface area contributed by atoms with Gasteiger partial charge in [0.1, 0.15) is 0 Å². The standard InChI is InChI=1S/C16H25NO2/c1-3-5-6-7-13-8-10-14(11-9-13)16(19)17-15(4-2)12-18/h8-11,15,18H,3-7,12H2,1-2H3,(H,17,19)/t15-/m0/s1. The normalized spacial score (nSPS) is 12.2. The third-order valence-electron chi connectivity index (χ3n) is 3.33. The minimum absolute atomic E-state index is 0.0165. The Kier molecular flexibility index (Phi) is 7.19. The number of aliphatic hydroxyl groups is 1. The summed E-state index contributed by atoms with van der Waals surface area (Å²) in [5, 5.41) is 11.9. The first-order valence-electron chi connectivity index (χ1n) is 7.21. The molecule has 0 heterocycles. The van der Waals surface area contributed by atoms with Gasteiger partial charge in [-0.05, 0) is 37.0 Å². The van der Waals surface area contributed by atoms with Gasteiger partial charge in [-0.25, -0.2) is 0 Å². The molecule has 0 aromatic heterocycles. The summed E-state index contributed by atoms with van der Waals surface area (Å²) in [7, 11) is 0. The highest BCUT2D eigenvalue weighted by atomic mass is 16.3. The molecule has 0 saturated heterocycles. The summed E-state index contributed by atoms with van der Waals surface area (Å²) in [4.78, 5) is 11.9. The molecule has 0 saturated carbocycles.